The summed E-state index contributed by atoms with van der Waals surface area (Å²) in [5.41, 5.74) is 4.88. The van der Waals surface area contributed by atoms with E-state index < -0.39 is 0 Å². The van der Waals surface area contributed by atoms with Crippen LogP contribution in [-0.4, -0.2) is 20.6 Å². The van der Waals surface area contributed by atoms with E-state index in [0.717, 1.165) is 42.6 Å². The van der Waals surface area contributed by atoms with Crippen molar-refractivity contribution in [2.24, 2.45) is 5.16 Å². The Morgan fingerprint density at radius 1 is 1.15 bits per heavy atom. The quantitative estimate of drug-likeness (QED) is 0.665. The van der Waals surface area contributed by atoms with Gasteiger partial charge < -0.3 is 14.9 Å². The molecule has 0 fully saturated rings. The molecule has 1 aliphatic carbocycles. The predicted molar refractivity (Wildman–Crippen MR) is 77.2 cm³/mol. The number of aliphatic hydroxyl groups is 1. The number of oxime groups is 1. The molecule has 0 saturated carbocycles. The normalized spacial score (nSPS) is 16.4. The zero-order chi connectivity index (χ0) is 13.9. The van der Waals surface area contributed by atoms with Gasteiger partial charge in [-0.3, -0.25) is 0 Å². The van der Waals surface area contributed by atoms with Crippen molar-refractivity contribution in [3.63, 3.8) is 0 Å². The number of nitrogens with zero attached hydrogens (tertiary/aromatic N) is 2. The van der Waals surface area contributed by atoms with Crippen LogP contribution < -0.4 is 0 Å². The molecular formula is C16H18N2O2. The molecule has 2 N–H and O–H groups in total. The average molecular weight is 270 g/mol. The summed E-state index contributed by atoms with van der Waals surface area (Å²) in [6.07, 6.45) is 4.69. The molecule has 1 aromatic heterocycles. The maximum Gasteiger partial charge on any atom is 0.0889 e. The summed E-state index contributed by atoms with van der Waals surface area (Å²) in [6.45, 7) is 0.755. The third-order valence-electron chi connectivity index (χ3n) is 3.87. The summed E-state index contributed by atoms with van der Waals surface area (Å²) in [4.78, 5) is 0. The van der Waals surface area contributed by atoms with E-state index >= 15 is 0 Å². The van der Waals surface area contributed by atoms with E-state index in [-0.39, 0.29) is 6.61 Å². The van der Waals surface area contributed by atoms with Gasteiger partial charge in [0.25, 0.3) is 0 Å². The van der Waals surface area contributed by atoms with Crippen LogP contribution in [0.15, 0.2) is 41.7 Å². The van der Waals surface area contributed by atoms with Crippen LogP contribution in [0.1, 0.15) is 35.2 Å². The lowest BCUT2D eigenvalue weighted by molar-refractivity contribution is 0.281. The number of hydrogen-bond acceptors (Lipinski definition) is 3. The fourth-order valence-corrected chi connectivity index (χ4v) is 2.97. The first-order valence-electron chi connectivity index (χ1n) is 6.90. The fraction of sp³-hybridized carbons (Fsp3) is 0.312. The summed E-state index contributed by atoms with van der Waals surface area (Å²) in [6, 6.07) is 10.2. The number of aromatic nitrogens is 1. The number of rotatable bonds is 3. The van der Waals surface area contributed by atoms with Crippen LogP contribution >= 0.6 is 0 Å². The Kier molecular flexibility index (Phi) is 3.56. The van der Waals surface area contributed by atoms with E-state index in [1.807, 2.05) is 24.4 Å². The second-order valence-corrected chi connectivity index (χ2v) is 5.15. The fourth-order valence-electron chi connectivity index (χ4n) is 2.97. The Morgan fingerprint density at radius 2 is 1.95 bits per heavy atom. The molecule has 1 aliphatic rings. The summed E-state index contributed by atoms with van der Waals surface area (Å²) in [7, 11) is 0. The van der Waals surface area contributed by atoms with Crippen LogP contribution in [0.3, 0.4) is 0 Å². The third-order valence-corrected chi connectivity index (χ3v) is 3.87. The molecule has 0 amide bonds. The van der Waals surface area contributed by atoms with E-state index in [9.17, 15) is 5.11 Å². The Morgan fingerprint density at radius 3 is 2.65 bits per heavy atom. The van der Waals surface area contributed by atoms with E-state index in [4.69, 9.17) is 5.21 Å². The lowest BCUT2D eigenvalue weighted by Crippen LogP contribution is -2.15. The van der Waals surface area contributed by atoms with Crippen LogP contribution in [-0.2, 0) is 19.6 Å². The molecule has 1 heterocycles. The zero-order valence-corrected chi connectivity index (χ0v) is 11.3. The van der Waals surface area contributed by atoms with Gasteiger partial charge in [0.1, 0.15) is 0 Å². The molecular weight excluding hydrogens is 252 g/mol. The van der Waals surface area contributed by atoms with Crippen molar-refractivity contribution < 1.29 is 10.3 Å². The van der Waals surface area contributed by atoms with Crippen LogP contribution in [0.5, 0.6) is 0 Å². The van der Waals surface area contributed by atoms with Gasteiger partial charge in [-0.05, 0) is 24.8 Å². The van der Waals surface area contributed by atoms with Crippen molar-refractivity contribution in [3.05, 3.63) is 58.9 Å². The molecule has 104 valence electrons. The zero-order valence-electron chi connectivity index (χ0n) is 11.3. The molecule has 0 spiro atoms. The molecule has 3 rings (SSSR count). The van der Waals surface area contributed by atoms with Crippen molar-refractivity contribution in [2.45, 2.75) is 32.4 Å². The van der Waals surface area contributed by atoms with E-state index in [1.54, 1.807) is 0 Å². The van der Waals surface area contributed by atoms with Crippen molar-refractivity contribution in [1.82, 2.24) is 4.57 Å². The van der Waals surface area contributed by atoms with Gasteiger partial charge in [-0.15, -0.1) is 0 Å². The van der Waals surface area contributed by atoms with Gasteiger partial charge in [0.2, 0.25) is 0 Å². The van der Waals surface area contributed by atoms with E-state index in [1.165, 1.54) is 5.56 Å². The minimum atomic E-state index is -0.0247. The highest BCUT2D eigenvalue weighted by Crippen LogP contribution is 2.28. The first-order chi connectivity index (χ1) is 9.83. The first-order valence-corrected chi connectivity index (χ1v) is 6.90. The van der Waals surface area contributed by atoms with Gasteiger partial charge in [0.05, 0.1) is 12.3 Å². The highest BCUT2D eigenvalue weighted by Gasteiger charge is 2.24. The predicted octanol–water partition coefficient (Wildman–Crippen LogP) is 2.54. The molecule has 0 bridgehead atoms. The number of fused-ring (bicyclic) bond motifs is 1. The molecule has 20 heavy (non-hydrogen) atoms. The number of benzene rings is 1. The second-order valence-electron chi connectivity index (χ2n) is 5.15. The molecule has 1 aromatic carbocycles. The van der Waals surface area contributed by atoms with Crippen LogP contribution in [0, 0.1) is 0 Å². The highest BCUT2D eigenvalue weighted by atomic mass is 16.4. The number of aliphatic hydroxyl groups excluding tert-OH is 1. The van der Waals surface area contributed by atoms with Crippen molar-refractivity contribution in [1.29, 1.82) is 0 Å². The van der Waals surface area contributed by atoms with E-state index in [2.05, 4.69) is 21.9 Å². The monoisotopic (exact) mass is 270 g/mol. The summed E-state index contributed by atoms with van der Waals surface area (Å²) in [5.74, 6) is 0. The minimum absolute atomic E-state index is 0.0247. The van der Waals surface area contributed by atoms with Crippen molar-refractivity contribution in [3.8, 4) is 0 Å². The van der Waals surface area contributed by atoms with Gasteiger partial charge in [-0.25, -0.2) is 0 Å². The molecule has 4 nitrogen and oxygen atoms in total. The molecule has 2 aromatic rings. The minimum Gasteiger partial charge on any atom is -0.411 e. The summed E-state index contributed by atoms with van der Waals surface area (Å²) >= 11 is 0. The molecule has 0 radical (unpaired) electrons. The molecule has 0 saturated heterocycles. The Bertz CT molecular complexity index is 629. The van der Waals surface area contributed by atoms with Crippen LogP contribution in [0.4, 0.5) is 0 Å². The highest BCUT2D eigenvalue weighted by molar-refractivity contribution is 6.03. The SMILES string of the molecule is OCc1cn(Cc2ccccc2)c2c1C(=NO)CCC2. The maximum absolute atomic E-state index is 9.54. The molecule has 4 heteroatoms. The summed E-state index contributed by atoms with van der Waals surface area (Å²) in [5, 5.41) is 22.1. The topological polar surface area (TPSA) is 57.8 Å². The standard InChI is InChI=1S/C16H18N2O2/c19-11-13-10-18(9-12-5-2-1-3-6-12)15-8-4-7-14(17-20)16(13)15/h1-3,5-6,10,19-20H,4,7-9,11H2. The van der Waals surface area contributed by atoms with Gasteiger partial charge in [0, 0.05) is 29.6 Å². The van der Waals surface area contributed by atoms with Crippen LogP contribution in [0.25, 0.3) is 0 Å². The molecule has 0 aliphatic heterocycles. The van der Waals surface area contributed by atoms with Crippen molar-refractivity contribution >= 4 is 5.71 Å². The Balaban J connectivity index is 2.03. The Hall–Kier alpha value is -2.07. The van der Waals surface area contributed by atoms with E-state index in [0.29, 0.717) is 5.71 Å². The van der Waals surface area contributed by atoms with Crippen LogP contribution in [0.2, 0.25) is 0 Å². The maximum atomic E-state index is 9.54. The first kappa shape index (κ1) is 12.9. The average Bonchev–Trinajstić information content (AvgIpc) is 2.86. The van der Waals surface area contributed by atoms with Crippen molar-refractivity contribution in [2.75, 3.05) is 0 Å². The second kappa shape index (κ2) is 5.51. The summed E-state index contributed by atoms with van der Waals surface area (Å²) < 4.78 is 2.17. The van der Waals surface area contributed by atoms with Gasteiger partial charge >= 0.3 is 0 Å². The lowest BCUT2D eigenvalue weighted by Gasteiger charge is -2.17. The smallest absolute Gasteiger partial charge is 0.0889 e. The third kappa shape index (κ3) is 2.23. The largest absolute Gasteiger partial charge is 0.411 e. The molecule has 0 atom stereocenters. The van der Waals surface area contributed by atoms with Gasteiger partial charge in [-0.2, -0.15) is 0 Å². The molecule has 0 unspecified atom stereocenters. The van der Waals surface area contributed by atoms with Gasteiger partial charge in [0.15, 0.2) is 0 Å². The number of hydrogen-bond donors (Lipinski definition) is 2. The lowest BCUT2D eigenvalue weighted by atomic mass is 9.93. The Labute approximate surface area is 118 Å². The van der Waals surface area contributed by atoms with Gasteiger partial charge in [-0.1, -0.05) is 35.5 Å².